The Kier molecular flexibility index (Phi) is 5.45. The van der Waals surface area contributed by atoms with Crippen LogP contribution in [0, 0.1) is 0 Å². The summed E-state index contributed by atoms with van der Waals surface area (Å²) < 4.78 is 0. The van der Waals surface area contributed by atoms with Crippen LogP contribution in [0.25, 0.3) is 0 Å². The zero-order valence-electron chi connectivity index (χ0n) is 13.7. The minimum Gasteiger partial charge on any atom is -0.402 e. The van der Waals surface area contributed by atoms with Gasteiger partial charge in [-0.25, -0.2) is 0 Å². The van der Waals surface area contributed by atoms with Crippen molar-refractivity contribution in [3.63, 3.8) is 0 Å². The Morgan fingerprint density at radius 1 is 1.16 bits per heavy atom. The summed E-state index contributed by atoms with van der Waals surface area (Å²) in [6.45, 7) is 1.41. The van der Waals surface area contributed by atoms with Crippen LogP contribution in [0.2, 0.25) is 10.0 Å². The summed E-state index contributed by atoms with van der Waals surface area (Å²) in [5.74, 6) is -0.149. The summed E-state index contributed by atoms with van der Waals surface area (Å²) in [6.07, 6.45) is 2.74. The molecule has 0 atom stereocenters. The van der Waals surface area contributed by atoms with Gasteiger partial charge in [-0.3, -0.25) is 14.6 Å². The second-order valence-electron chi connectivity index (χ2n) is 6.22. The molecule has 25 heavy (non-hydrogen) atoms. The van der Waals surface area contributed by atoms with Gasteiger partial charge in [0.25, 0.3) is 5.91 Å². The Morgan fingerprint density at radius 2 is 1.96 bits per heavy atom. The van der Waals surface area contributed by atoms with E-state index >= 15 is 0 Å². The number of nitrogens with two attached hydrogens (primary N) is 1. The SMILES string of the molecule is NC1=C(C2=NCCCCC2=O)CN(C(=O)c2ccc(Cl)c(Cl)c2)CC1. The second kappa shape index (κ2) is 7.58. The van der Waals surface area contributed by atoms with Crippen molar-refractivity contribution in [1.82, 2.24) is 4.90 Å². The van der Waals surface area contributed by atoms with Gasteiger partial charge < -0.3 is 10.6 Å². The van der Waals surface area contributed by atoms with E-state index in [0.717, 1.165) is 12.8 Å². The second-order valence-corrected chi connectivity index (χ2v) is 7.03. The van der Waals surface area contributed by atoms with Gasteiger partial charge in [-0.15, -0.1) is 0 Å². The lowest BCUT2D eigenvalue weighted by molar-refractivity contribution is -0.112. The van der Waals surface area contributed by atoms with Crippen LogP contribution < -0.4 is 5.73 Å². The summed E-state index contributed by atoms with van der Waals surface area (Å²) in [7, 11) is 0. The van der Waals surface area contributed by atoms with E-state index in [0.29, 0.717) is 58.5 Å². The van der Waals surface area contributed by atoms with Crippen molar-refractivity contribution >= 4 is 40.6 Å². The minimum absolute atomic E-state index is 0.0132. The molecular formula is C18H19Cl2N3O2. The average Bonchev–Trinajstić information content (AvgIpc) is 2.82. The summed E-state index contributed by atoms with van der Waals surface area (Å²) in [6, 6.07) is 4.80. The van der Waals surface area contributed by atoms with Gasteiger partial charge in [0.1, 0.15) is 5.71 Å². The first kappa shape index (κ1) is 18.0. The Balaban J connectivity index is 1.84. The first-order chi connectivity index (χ1) is 12.0. The van der Waals surface area contributed by atoms with Gasteiger partial charge in [0.2, 0.25) is 0 Å². The van der Waals surface area contributed by atoms with E-state index in [1.54, 1.807) is 23.1 Å². The number of amides is 1. The largest absolute Gasteiger partial charge is 0.402 e. The lowest BCUT2D eigenvalue weighted by Gasteiger charge is -2.30. The first-order valence-corrected chi connectivity index (χ1v) is 9.03. The number of ketones is 1. The van der Waals surface area contributed by atoms with Gasteiger partial charge in [0, 0.05) is 49.3 Å². The molecule has 1 amide bonds. The molecule has 2 aliphatic rings. The number of benzene rings is 1. The smallest absolute Gasteiger partial charge is 0.254 e. The van der Waals surface area contributed by atoms with Crippen LogP contribution in [0.4, 0.5) is 0 Å². The molecule has 5 nitrogen and oxygen atoms in total. The van der Waals surface area contributed by atoms with Crippen LogP contribution in [-0.4, -0.2) is 41.9 Å². The van der Waals surface area contributed by atoms with Crippen molar-refractivity contribution in [1.29, 1.82) is 0 Å². The molecule has 132 valence electrons. The third-order valence-electron chi connectivity index (χ3n) is 4.47. The van der Waals surface area contributed by atoms with E-state index in [-0.39, 0.29) is 18.2 Å². The van der Waals surface area contributed by atoms with Gasteiger partial charge in [0.15, 0.2) is 5.78 Å². The fourth-order valence-electron chi connectivity index (χ4n) is 3.05. The van der Waals surface area contributed by atoms with Gasteiger partial charge in [-0.2, -0.15) is 0 Å². The van der Waals surface area contributed by atoms with E-state index in [2.05, 4.69) is 4.99 Å². The Bertz CT molecular complexity index is 787. The van der Waals surface area contributed by atoms with Crippen molar-refractivity contribution < 1.29 is 9.59 Å². The Morgan fingerprint density at radius 3 is 2.72 bits per heavy atom. The minimum atomic E-state index is -0.162. The Hall–Kier alpha value is -1.85. The molecule has 0 spiro atoms. The maximum absolute atomic E-state index is 12.8. The van der Waals surface area contributed by atoms with Gasteiger partial charge in [0.05, 0.1) is 10.0 Å². The molecule has 7 heteroatoms. The predicted octanol–water partition coefficient (Wildman–Crippen LogP) is 3.25. The highest BCUT2D eigenvalue weighted by Crippen LogP contribution is 2.25. The number of hydrogen-bond acceptors (Lipinski definition) is 4. The molecule has 0 aromatic heterocycles. The summed E-state index contributed by atoms with van der Waals surface area (Å²) in [4.78, 5) is 31.2. The Labute approximate surface area is 156 Å². The van der Waals surface area contributed by atoms with Crippen molar-refractivity contribution in [3.05, 3.63) is 45.1 Å². The summed E-state index contributed by atoms with van der Waals surface area (Å²) >= 11 is 11.9. The van der Waals surface area contributed by atoms with Crippen molar-refractivity contribution in [2.75, 3.05) is 19.6 Å². The molecule has 2 N–H and O–H groups in total. The van der Waals surface area contributed by atoms with E-state index in [9.17, 15) is 9.59 Å². The monoisotopic (exact) mass is 379 g/mol. The zero-order chi connectivity index (χ0) is 18.0. The van der Waals surface area contributed by atoms with Crippen LogP contribution in [0.3, 0.4) is 0 Å². The predicted molar refractivity (Wildman–Crippen MR) is 99.4 cm³/mol. The highest BCUT2D eigenvalue weighted by atomic mass is 35.5. The van der Waals surface area contributed by atoms with Crippen molar-refractivity contribution in [3.8, 4) is 0 Å². The molecule has 2 heterocycles. The zero-order valence-corrected chi connectivity index (χ0v) is 15.2. The van der Waals surface area contributed by atoms with E-state index < -0.39 is 0 Å². The maximum atomic E-state index is 12.8. The number of Topliss-reactive ketones (excluding diaryl/α,β-unsaturated/α-hetero) is 1. The molecule has 0 radical (unpaired) electrons. The highest BCUT2D eigenvalue weighted by molar-refractivity contribution is 6.46. The van der Waals surface area contributed by atoms with Gasteiger partial charge in [-0.1, -0.05) is 23.2 Å². The third-order valence-corrected chi connectivity index (χ3v) is 5.21. The molecule has 0 aliphatic carbocycles. The van der Waals surface area contributed by atoms with Gasteiger partial charge >= 0.3 is 0 Å². The molecule has 1 aromatic carbocycles. The number of carbonyl (C=O) groups is 2. The van der Waals surface area contributed by atoms with Crippen LogP contribution >= 0.6 is 23.2 Å². The van der Waals surface area contributed by atoms with Crippen molar-refractivity contribution in [2.45, 2.75) is 25.7 Å². The lowest BCUT2D eigenvalue weighted by atomic mass is 9.97. The number of halogens is 2. The number of rotatable bonds is 2. The van der Waals surface area contributed by atoms with Crippen LogP contribution in [0.15, 0.2) is 34.5 Å². The number of aliphatic imine (C=N–C) groups is 1. The lowest BCUT2D eigenvalue weighted by Crippen LogP contribution is -2.41. The molecule has 2 aliphatic heterocycles. The molecule has 0 unspecified atom stereocenters. The fourth-order valence-corrected chi connectivity index (χ4v) is 3.35. The van der Waals surface area contributed by atoms with E-state index in [1.165, 1.54) is 0 Å². The molecule has 3 rings (SSSR count). The molecule has 1 aromatic rings. The van der Waals surface area contributed by atoms with Gasteiger partial charge in [-0.05, 0) is 31.0 Å². The van der Waals surface area contributed by atoms with Crippen LogP contribution in [-0.2, 0) is 4.79 Å². The molecular weight excluding hydrogens is 361 g/mol. The van der Waals surface area contributed by atoms with Crippen LogP contribution in [0.5, 0.6) is 0 Å². The summed E-state index contributed by atoms with van der Waals surface area (Å²) in [5, 5.41) is 0.739. The molecule has 0 saturated carbocycles. The quantitative estimate of drug-likeness (QED) is 0.856. The van der Waals surface area contributed by atoms with E-state index in [1.807, 2.05) is 0 Å². The average molecular weight is 380 g/mol. The number of carbonyl (C=O) groups excluding carboxylic acids is 2. The van der Waals surface area contributed by atoms with Crippen molar-refractivity contribution in [2.24, 2.45) is 10.7 Å². The molecule has 0 fully saturated rings. The third kappa shape index (κ3) is 3.88. The first-order valence-electron chi connectivity index (χ1n) is 8.27. The topological polar surface area (TPSA) is 75.8 Å². The van der Waals surface area contributed by atoms with Crippen LogP contribution in [0.1, 0.15) is 36.0 Å². The normalized spacial score (nSPS) is 18.9. The molecule has 0 bridgehead atoms. The highest BCUT2D eigenvalue weighted by Gasteiger charge is 2.28. The standard InChI is InChI=1S/C18H19Cl2N3O2/c19-13-5-4-11(9-14(13)20)18(25)23-8-6-15(21)12(10-23)17-16(24)3-1-2-7-22-17/h4-5,9H,1-3,6-8,10,21H2. The number of hydrogen-bond donors (Lipinski definition) is 1. The van der Waals surface area contributed by atoms with E-state index in [4.69, 9.17) is 28.9 Å². The number of nitrogens with zero attached hydrogens (tertiary/aromatic N) is 2. The summed E-state index contributed by atoms with van der Waals surface area (Å²) in [5.41, 5.74) is 8.38. The maximum Gasteiger partial charge on any atom is 0.254 e. The molecule has 0 saturated heterocycles. The fraction of sp³-hybridized carbons (Fsp3) is 0.389.